The van der Waals surface area contributed by atoms with Gasteiger partial charge in [-0.15, -0.1) is 5.10 Å². The highest BCUT2D eigenvalue weighted by atomic mass is 16.2. The fourth-order valence-electron chi connectivity index (χ4n) is 3.23. The number of fused-ring (bicyclic) bond motifs is 1. The molecular weight excluding hydrogens is 230 g/mol. The molecule has 2 N–H and O–H groups in total. The summed E-state index contributed by atoms with van der Waals surface area (Å²) in [4.78, 5) is 14.1. The number of hydrogen-bond acceptors (Lipinski definition) is 4. The van der Waals surface area contributed by atoms with Gasteiger partial charge in [0.05, 0.1) is 6.20 Å². The molecule has 3 atom stereocenters. The van der Waals surface area contributed by atoms with Crippen molar-refractivity contribution in [1.82, 2.24) is 19.9 Å². The fourth-order valence-corrected chi connectivity index (χ4v) is 3.23. The summed E-state index contributed by atoms with van der Waals surface area (Å²) < 4.78 is 1.58. The van der Waals surface area contributed by atoms with Crippen LogP contribution in [0.4, 0.5) is 0 Å². The van der Waals surface area contributed by atoms with E-state index in [4.69, 9.17) is 5.73 Å². The first-order chi connectivity index (χ1) is 8.72. The van der Waals surface area contributed by atoms with Gasteiger partial charge in [0, 0.05) is 25.3 Å². The van der Waals surface area contributed by atoms with Crippen LogP contribution in [-0.4, -0.2) is 44.9 Å². The molecule has 98 valence electrons. The quantitative estimate of drug-likeness (QED) is 0.791. The van der Waals surface area contributed by atoms with Crippen molar-refractivity contribution in [3.8, 4) is 0 Å². The Morgan fingerprint density at radius 1 is 1.33 bits per heavy atom. The second-order valence-electron chi connectivity index (χ2n) is 5.49. The predicted octanol–water partition coefficient (Wildman–Crippen LogP) is -0.136. The van der Waals surface area contributed by atoms with Gasteiger partial charge in [0.1, 0.15) is 6.54 Å². The Hall–Kier alpha value is -1.43. The maximum absolute atomic E-state index is 12.1. The van der Waals surface area contributed by atoms with Crippen molar-refractivity contribution in [2.24, 2.45) is 17.6 Å². The van der Waals surface area contributed by atoms with E-state index in [1.807, 2.05) is 4.90 Å². The second-order valence-corrected chi connectivity index (χ2v) is 5.49. The number of rotatable bonds is 2. The summed E-state index contributed by atoms with van der Waals surface area (Å²) in [6, 6.07) is 0.330. The Balaban J connectivity index is 1.59. The Morgan fingerprint density at radius 2 is 2.17 bits per heavy atom. The fraction of sp³-hybridized carbons (Fsp3) is 0.750. The molecule has 1 saturated carbocycles. The third-order valence-electron chi connectivity index (χ3n) is 4.21. The number of nitrogens with two attached hydrogens (primary N) is 1. The molecule has 18 heavy (non-hydrogen) atoms. The lowest BCUT2D eigenvalue weighted by Crippen LogP contribution is -2.33. The number of amides is 1. The van der Waals surface area contributed by atoms with Crippen LogP contribution < -0.4 is 5.73 Å². The van der Waals surface area contributed by atoms with E-state index in [2.05, 4.69) is 10.3 Å². The molecule has 1 unspecified atom stereocenters. The van der Waals surface area contributed by atoms with Crippen LogP contribution >= 0.6 is 0 Å². The molecule has 1 aromatic rings. The van der Waals surface area contributed by atoms with Crippen LogP contribution in [0.5, 0.6) is 0 Å². The lowest BCUT2D eigenvalue weighted by atomic mass is 9.79. The first kappa shape index (κ1) is 11.6. The van der Waals surface area contributed by atoms with Crippen LogP contribution in [0.25, 0.3) is 0 Å². The molecule has 2 heterocycles. The maximum atomic E-state index is 12.1. The van der Waals surface area contributed by atoms with Gasteiger partial charge in [0.15, 0.2) is 0 Å². The highest BCUT2D eigenvalue weighted by molar-refractivity contribution is 5.76. The molecule has 3 rings (SSSR count). The van der Waals surface area contributed by atoms with E-state index in [1.165, 1.54) is 6.42 Å². The van der Waals surface area contributed by atoms with Crippen LogP contribution in [0.1, 0.15) is 19.3 Å². The van der Waals surface area contributed by atoms with E-state index >= 15 is 0 Å². The molecule has 1 amide bonds. The molecule has 0 radical (unpaired) electrons. The Labute approximate surface area is 106 Å². The molecule has 2 fully saturated rings. The van der Waals surface area contributed by atoms with Crippen LogP contribution in [0, 0.1) is 11.8 Å². The average Bonchev–Trinajstić information content (AvgIpc) is 2.96. The van der Waals surface area contributed by atoms with Crippen molar-refractivity contribution in [1.29, 1.82) is 0 Å². The Kier molecular flexibility index (Phi) is 3.03. The molecule has 1 aliphatic heterocycles. The molecule has 0 aromatic carbocycles. The van der Waals surface area contributed by atoms with Gasteiger partial charge < -0.3 is 10.6 Å². The first-order valence-corrected chi connectivity index (χ1v) is 6.60. The van der Waals surface area contributed by atoms with Crippen molar-refractivity contribution in [3.05, 3.63) is 12.4 Å². The number of hydrogen-bond donors (Lipinski definition) is 1. The number of carbonyl (C=O) groups is 1. The Morgan fingerprint density at radius 3 is 2.94 bits per heavy atom. The highest BCUT2D eigenvalue weighted by Gasteiger charge is 2.38. The standard InChI is InChI=1S/C12H19N5O/c13-11-2-1-9-6-16(7-10(9)5-11)12(18)8-17-4-3-14-15-17/h3-4,9-11H,1-2,5-8,13H2/t9-,10+,11?/m1/s1. The van der Waals surface area contributed by atoms with Gasteiger partial charge in [0.25, 0.3) is 0 Å². The summed E-state index contributed by atoms with van der Waals surface area (Å²) in [5.41, 5.74) is 6.00. The van der Waals surface area contributed by atoms with E-state index in [9.17, 15) is 4.79 Å². The van der Waals surface area contributed by atoms with E-state index < -0.39 is 0 Å². The molecule has 1 aliphatic carbocycles. The molecule has 1 saturated heterocycles. The number of likely N-dealkylation sites (tertiary alicyclic amines) is 1. The zero-order valence-electron chi connectivity index (χ0n) is 10.4. The van der Waals surface area contributed by atoms with E-state index in [0.29, 0.717) is 24.4 Å². The molecular formula is C12H19N5O. The van der Waals surface area contributed by atoms with Gasteiger partial charge in [-0.05, 0) is 31.1 Å². The summed E-state index contributed by atoms with van der Waals surface area (Å²) in [6.45, 7) is 2.06. The normalized spacial score (nSPS) is 31.4. The third-order valence-corrected chi connectivity index (χ3v) is 4.21. The number of carbonyl (C=O) groups excluding carboxylic acids is 1. The molecule has 6 nitrogen and oxygen atoms in total. The third kappa shape index (κ3) is 2.25. The summed E-state index contributed by atoms with van der Waals surface area (Å²) >= 11 is 0. The van der Waals surface area contributed by atoms with E-state index in [1.54, 1.807) is 17.1 Å². The van der Waals surface area contributed by atoms with Crippen molar-refractivity contribution in [2.75, 3.05) is 13.1 Å². The summed E-state index contributed by atoms with van der Waals surface area (Å²) in [6.07, 6.45) is 6.65. The van der Waals surface area contributed by atoms with Gasteiger partial charge in [0.2, 0.25) is 5.91 Å². The SMILES string of the molecule is NC1CC[C@@H]2CN(C(=O)Cn3ccnn3)C[C@@H]2C1. The van der Waals surface area contributed by atoms with Gasteiger partial charge in [-0.25, -0.2) is 4.68 Å². The van der Waals surface area contributed by atoms with E-state index in [0.717, 1.165) is 25.9 Å². The summed E-state index contributed by atoms with van der Waals surface area (Å²) in [5, 5.41) is 7.54. The minimum absolute atomic E-state index is 0.142. The minimum Gasteiger partial charge on any atom is -0.341 e. The van der Waals surface area contributed by atoms with Crippen molar-refractivity contribution >= 4 is 5.91 Å². The first-order valence-electron chi connectivity index (χ1n) is 6.60. The summed E-state index contributed by atoms with van der Waals surface area (Å²) in [7, 11) is 0. The summed E-state index contributed by atoms with van der Waals surface area (Å²) in [5.74, 6) is 1.40. The van der Waals surface area contributed by atoms with Gasteiger partial charge >= 0.3 is 0 Å². The lowest BCUT2D eigenvalue weighted by molar-refractivity contribution is -0.131. The molecule has 0 spiro atoms. The van der Waals surface area contributed by atoms with Gasteiger partial charge in [-0.2, -0.15) is 0 Å². The Bertz CT molecular complexity index is 418. The zero-order valence-corrected chi connectivity index (χ0v) is 10.4. The van der Waals surface area contributed by atoms with Gasteiger partial charge in [-0.3, -0.25) is 4.79 Å². The zero-order chi connectivity index (χ0) is 12.5. The minimum atomic E-state index is 0.142. The number of nitrogens with zero attached hydrogens (tertiary/aromatic N) is 4. The average molecular weight is 249 g/mol. The molecule has 2 aliphatic rings. The number of aromatic nitrogens is 3. The van der Waals surface area contributed by atoms with Crippen molar-refractivity contribution < 1.29 is 4.79 Å². The largest absolute Gasteiger partial charge is 0.341 e. The smallest absolute Gasteiger partial charge is 0.244 e. The van der Waals surface area contributed by atoms with Crippen LogP contribution in [0.3, 0.4) is 0 Å². The van der Waals surface area contributed by atoms with Crippen LogP contribution in [0.2, 0.25) is 0 Å². The predicted molar refractivity (Wildman–Crippen MR) is 65.4 cm³/mol. The van der Waals surface area contributed by atoms with E-state index in [-0.39, 0.29) is 5.91 Å². The molecule has 1 aromatic heterocycles. The van der Waals surface area contributed by atoms with Crippen molar-refractivity contribution in [3.63, 3.8) is 0 Å². The monoisotopic (exact) mass is 249 g/mol. The van der Waals surface area contributed by atoms with Gasteiger partial charge in [-0.1, -0.05) is 5.21 Å². The second kappa shape index (κ2) is 4.68. The highest BCUT2D eigenvalue weighted by Crippen LogP contribution is 2.35. The lowest BCUT2D eigenvalue weighted by Gasteiger charge is -2.27. The maximum Gasteiger partial charge on any atom is 0.244 e. The van der Waals surface area contributed by atoms with Crippen LogP contribution in [-0.2, 0) is 11.3 Å². The topological polar surface area (TPSA) is 77.0 Å². The molecule has 6 heteroatoms. The molecule has 0 bridgehead atoms. The van der Waals surface area contributed by atoms with Crippen molar-refractivity contribution in [2.45, 2.75) is 31.8 Å². The van der Waals surface area contributed by atoms with Crippen LogP contribution in [0.15, 0.2) is 12.4 Å².